The average molecular weight is 218 g/mol. The first-order chi connectivity index (χ1) is 7.86. The summed E-state index contributed by atoms with van der Waals surface area (Å²) in [6.07, 6.45) is 3.84. The van der Waals surface area contributed by atoms with Gasteiger partial charge in [-0.2, -0.15) is 0 Å². The van der Waals surface area contributed by atoms with Crippen molar-refractivity contribution in [3.63, 3.8) is 0 Å². The normalized spacial score (nSPS) is 13.1. The molecule has 3 heteroatoms. The third kappa shape index (κ3) is 2.10. The molecule has 1 atom stereocenters. The highest BCUT2D eigenvalue weighted by Gasteiger charge is 2.12. The summed E-state index contributed by atoms with van der Waals surface area (Å²) in [4.78, 5) is 3.28. The number of hydrogen-bond donors (Lipinski definition) is 3. The summed E-state index contributed by atoms with van der Waals surface area (Å²) >= 11 is 0. The fourth-order valence-electron chi connectivity index (χ4n) is 2.13. The molecule has 0 fully saturated rings. The minimum absolute atomic E-state index is 0.251. The Morgan fingerprint density at radius 1 is 1.38 bits per heavy atom. The van der Waals surface area contributed by atoms with Gasteiger partial charge >= 0.3 is 0 Å². The van der Waals surface area contributed by atoms with E-state index in [0.29, 0.717) is 6.04 Å². The first-order valence-corrected chi connectivity index (χ1v) is 5.71. The minimum atomic E-state index is 0.251. The molecule has 0 amide bonds. The Morgan fingerprint density at radius 2 is 2.19 bits per heavy atom. The summed E-state index contributed by atoms with van der Waals surface area (Å²) in [5.74, 6) is 0. The van der Waals surface area contributed by atoms with Gasteiger partial charge in [-0.1, -0.05) is 18.2 Å². The highest BCUT2D eigenvalue weighted by atomic mass is 16.2. The predicted molar refractivity (Wildman–Crippen MR) is 66.4 cm³/mol. The third-order valence-electron chi connectivity index (χ3n) is 3.00. The van der Waals surface area contributed by atoms with E-state index in [-0.39, 0.29) is 6.61 Å². The molecular formula is C13H18N2O. The number of fused-ring (bicyclic) bond motifs is 1. The molecule has 2 rings (SSSR count). The molecule has 0 aliphatic heterocycles. The van der Waals surface area contributed by atoms with Crippen LogP contribution in [0.1, 0.15) is 24.4 Å². The van der Waals surface area contributed by atoms with E-state index < -0.39 is 0 Å². The summed E-state index contributed by atoms with van der Waals surface area (Å²) in [5.41, 5.74) is 2.45. The second-order valence-electron chi connectivity index (χ2n) is 4.00. The van der Waals surface area contributed by atoms with Crippen molar-refractivity contribution in [3.05, 3.63) is 36.0 Å². The quantitative estimate of drug-likeness (QED) is 0.720. The summed E-state index contributed by atoms with van der Waals surface area (Å²) in [6, 6.07) is 8.61. The monoisotopic (exact) mass is 218 g/mol. The van der Waals surface area contributed by atoms with Crippen molar-refractivity contribution in [1.82, 2.24) is 10.3 Å². The molecule has 1 heterocycles. The second kappa shape index (κ2) is 5.14. The maximum absolute atomic E-state index is 8.89. The molecule has 1 unspecified atom stereocenters. The second-order valence-corrected chi connectivity index (χ2v) is 4.00. The maximum atomic E-state index is 8.89. The zero-order valence-corrected chi connectivity index (χ0v) is 9.53. The van der Waals surface area contributed by atoms with E-state index >= 15 is 0 Å². The number of aliphatic hydroxyl groups excluding tert-OH is 1. The van der Waals surface area contributed by atoms with Crippen molar-refractivity contribution in [2.45, 2.75) is 18.9 Å². The molecule has 0 aliphatic carbocycles. The average Bonchev–Trinajstić information content (AvgIpc) is 2.75. The van der Waals surface area contributed by atoms with E-state index in [4.69, 9.17) is 5.11 Å². The lowest BCUT2D eigenvalue weighted by molar-refractivity contribution is 0.277. The Hall–Kier alpha value is -1.32. The van der Waals surface area contributed by atoms with Crippen LogP contribution in [-0.2, 0) is 0 Å². The van der Waals surface area contributed by atoms with Gasteiger partial charge in [0.1, 0.15) is 0 Å². The standard InChI is InChI=1S/C13H18N2O/c1-14-12(7-4-8-16)11-9-15-13-6-3-2-5-10(11)13/h2-3,5-6,9,12,14-16H,4,7-8H2,1H3. The van der Waals surface area contributed by atoms with Crippen molar-refractivity contribution >= 4 is 10.9 Å². The summed E-state index contributed by atoms with van der Waals surface area (Å²) in [5, 5.41) is 13.4. The largest absolute Gasteiger partial charge is 0.396 e. The van der Waals surface area contributed by atoms with Crippen LogP contribution in [0.15, 0.2) is 30.5 Å². The van der Waals surface area contributed by atoms with E-state index in [2.05, 4.69) is 34.7 Å². The smallest absolute Gasteiger partial charge is 0.0457 e. The van der Waals surface area contributed by atoms with Gasteiger partial charge < -0.3 is 15.4 Å². The molecule has 1 aromatic carbocycles. The topological polar surface area (TPSA) is 48.0 Å². The fraction of sp³-hybridized carbons (Fsp3) is 0.385. The molecule has 3 N–H and O–H groups in total. The van der Waals surface area contributed by atoms with Crippen LogP contribution in [0.5, 0.6) is 0 Å². The SMILES string of the molecule is CNC(CCCO)c1c[nH]c2ccccc12. The Bertz CT molecular complexity index is 450. The van der Waals surface area contributed by atoms with Crippen molar-refractivity contribution in [3.8, 4) is 0 Å². The molecule has 0 spiro atoms. The molecule has 86 valence electrons. The van der Waals surface area contributed by atoms with Crippen LogP contribution in [-0.4, -0.2) is 23.7 Å². The zero-order chi connectivity index (χ0) is 11.4. The molecule has 3 nitrogen and oxygen atoms in total. The van der Waals surface area contributed by atoms with Gasteiger partial charge in [-0.15, -0.1) is 0 Å². The van der Waals surface area contributed by atoms with Crippen LogP contribution in [0, 0.1) is 0 Å². The molecular weight excluding hydrogens is 200 g/mol. The molecule has 0 bridgehead atoms. The predicted octanol–water partition coefficient (Wildman–Crippen LogP) is 2.20. The number of aromatic nitrogens is 1. The van der Waals surface area contributed by atoms with E-state index in [0.717, 1.165) is 12.8 Å². The van der Waals surface area contributed by atoms with Gasteiger partial charge in [-0.3, -0.25) is 0 Å². The molecule has 2 aromatic rings. The van der Waals surface area contributed by atoms with E-state index in [1.165, 1.54) is 16.5 Å². The van der Waals surface area contributed by atoms with E-state index in [1.807, 2.05) is 13.1 Å². The van der Waals surface area contributed by atoms with Crippen molar-refractivity contribution in [1.29, 1.82) is 0 Å². The number of benzene rings is 1. The number of para-hydroxylation sites is 1. The van der Waals surface area contributed by atoms with Gasteiger partial charge in [0, 0.05) is 29.7 Å². The highest BCUT2D eigenvalue weighted by molar-refractivity contribution is 5.83. The number of H-pyrrole nitrogens is 1. The van der Waals surface area contributed by atoms with Gasteiger partial charge in [0.05, 0.1) is 0 Å². The number of aromatic amines is 1. The molecule has 0 saturated heterocycles. The van der Waals surface area contributed by atoms with Gasteiger partial charge in [0.15, 0.2) is 0 Å². The lowest BCUT2D eigenvalue weighted by Crippen LogP contribution is -2.16. The number of rotatable bonds is 5. The lowest BCUT2D eigenvalue weighted by atomic mass is 10.0. The molecule has 0 saturated carbocycles. The Kier molecular flexibility index (Phi) is 3.59. The van der Waals surface area contributed by atoms with Crippen molar-refractivity contribution in [2.75, 3.05) is 13.7 Å². The summed E-state index contributed by atoms with van der Waals surface area (Å²) in [6.45, 7) is 0.251. The van der Waals surface area contributed by atoms with Gasteiger partial charge in [-0.25, -0.2) is 0 Å². The first kappa shape index (κ1) is 11.2. The Balaban J connectivity index is 2.30. The lowest BCUT2D eigenvalue weighted by Gasteiger charge is -2.14. The van der Waals surface area contributed by atoms with Gasteiger partial charge in [0.2, 0.25) is 0 Å². The number of aliphatic hydroxyl groups is 1. The fourth-order valence-corrected chi connectivity index (χ4v) is 2.13. The van der Waals surface area contributed by atoms with E-state index in [9.17, 15) is 0 Å². The summed E-state index contributed by atoms with van der Waals surface area (Å²) in [7, 11) is 1.96. The molecule has 0 radical (unpaired) electrons. The highest BCUT2D eigenvalue weighted by Crippen LogP contribution is 2.26. The molecule has 16 heavy (non-hydrogen) atoms. The number of nitrogens with one attached hydrogen (secondary N) is 2. The minimum Gasteiger partial charge on any atom is -0.396 e. The van der Waals surface area contributed by atoms with Crippen LogP contribution < -0.4 is 5.32 Å². The Morgan fingerprint density at radius 3 is 2.94 bits per heavy atom. The maximum Gasteiger partial charge on any atom is 0.0457 e. The Labute approximate surface area is 95.5 Å². The van der Waals surface area contributed by atoms with Crippen LogP contribution in [0.25, 0.3) is 10.9 Å². The third-order valence-corrected chi connectivity index (χ3v) is 3.00. The van der Waals surface area contributed by atoms with Gasteiger partial charge in [0.25, 0.3) is 0 Å². The number of hydrogen-bond acceptors (Lipinski definition) is 2. The van der Waals surface area contributed by atoms with Crippen molar-refractivity contribution < 1.29 is 5.11 Å². The van der Waals surface area contributed by atoms with Crippen LogP contribution >= 0.6 is 0 Å². The van der Waals surface area contributed by atoms with Crippen LogP contribution in [0.4, 0.5) is 0 Å². The molecule has 1 aromatic heterocycles. The van der Waals surface area contributed by atoms with Crippen molar-refractivity contribution in [2.24, 2.45) is 0 Å². The van der Waals surface area contributed by atoms with Crippen LogP contribution in [0.3, 0.4) is 0 Å². The van der Waals surface area contributed by atoms with Crippen LogP contribution in [0.2, 0.25) is 0 Å². The molecule has 0 aliphatic rings. The van der Waals surface area contributed by atoms with E-state index in [1.54, 1.807) is 0 Å². The zero-order valence-electron chi connectivity index (χ0n) is 9.53. The summed E-state index contributed by atoms with van der Waals surface area (Å²) < 4.78 is 0. The van der Waals surface area contributed by atoms with Gasteiger partial charge in [-0.05, 0) is 31.5 Å². The first-order valence-electron chi connectivity index (χ1n) is 5.71.